The molecule has 0 aromatic rings. The van der Waals surface area contributed by atoms with Gasteiger partial charge in [-0.2, -0.15) is 26.3 Å². The zero-order valence-corrected chi connectivity index (χ0v) is 11.1. The fraction of sp³-hybridized carbons (Fsp3) is 0.636. The minimum Gasteiger partial charge on any atom is -0.203 e. The van der Waals surface area contributed by atoms with Gasteiger partial charge in [0.2, 0.25) is 0 Å². The Bertz CT molecular complexity index is 449. The molecule has 0 spiro atoms. The second kappa shape index (κ2) is 5.23. The molecular formula is C11H10F8S. The van der Waals surface area contributed by atoms with Gasteiger partial charge in [-0.15, -0.1) is 11.8 Å². The first-order chi connectivity index (χ1) is 8.85. The lowest BCUT2D eigenvalue weighted by atomic mass is 10.0. The first-order valence-corrected chi connectivity index (χ1v) is 6.27. The van der Waals surface area contributed by atoms with Crippen molar-refractivity contribution in [2.24, 2.45) is 0 Å². The maximum atomic E-state index is 13.6. The van der Waals surface area contributed by atoms with Crippen LogP contribution in [0.2, 0.25) is 0 Å². The SMILES string of the molecule is CC1=C(C)CSC(C(F)(F)C(F)(F)C(F)(F)C(F)F)=C1. The third kappa shape index (κ3) is 2.56. The maximum Gasteiger partial charge on any atom is 0.382 e. The third-order valence-electron chi connectivity index (χ3n) is 2.86. The molecule has 0 atom stereocenters. The largest absolute Gasteiger partial charge is 0.382 e. The van der Waals surface area contributed by atoms with Crippen LogP contribution in [0.25, 0.3) is 0 Å². The monoisotopic (exact) mass is 326 g/mol. The van der Waals surface area contributed by atoms with Gasteiger partial charge >= 0.3 is 24.2 Å². The van der Waals surface area contributed by atoms with Crippen molar-refractivity contribution in [2.45, 2.75) is 38.0 Å². The van der Waals surface area contributed by atoms with Crippen LogP contribution in [0, 0.1) is 0 Å². The molecule has 20 heavy (non-hydrogen) atoms. The average molecular weight is 326 g/mol. The van der Waals surface area contributed by atoms with Crippen LogP contribution in [0.5, 0.6) is 0 Å². The van der Waals surface area contributed by atoms with Crippen molar-refractivity contribution in [3.05, 3.63) is 22.1 Å². The van der Waals surface area contributed by atoms with Gasteiger partial charge in [-0.25, -0.2) is 8.78 Å². The van der Waals surface area contributed by atoms with Crippen molar-refractivity contribution >= 4 is 11.8 Å². The summed E-state index contributed by atoms with van der Waals surface area (Å²) in [5.74, 6) is -17.8. The summed E-state index contributed by atoms with van der Waals surface area (Å²) < 4.78 is 103. The number of allylic oxidation sites excluding steroid dienone is 3. The predicted molar refractivity (Wildman–Crippen MR) is 59.8 cm³/mol. The number of hydrogen-bond acceptors (Lipinski definition) is 1. The molecule has 1 aliphatic rings. The van der Waals surface area contributed by atoms with E-state index >= 15 is 0 Å². The Kier molecular flexibility index (Phi) is 4.53. The van der Waals surface area contributed by atoms with Gasteiger partial charge in [0.05, 0.1) is 4.91 Å². The van der Waals surface area contributed by atoms with Crippen molar-refractivity contribution in [2.75, 3.05) is 5.75 Å². The zero-order chi connectivity index (χ0) is 15.9. The second-order valence-corrected chi connectivity index (χ2v) is 5.35. The minimum absolute atomic E-state index is 0.0937. The molecule has 0 bridgehead atoms. The van der Waals surface area contributed by atoms with Crippen LogP contribution in [0.3, 0.4) is 0 Å². The van der Waals surface area contributed by atoms with Crippen LogP contribution >= 0.6 is 11.8 Å². The van der Waals surface area contributed by atoms with Crippen molar-refractivity contribution in [1.82, 2.24) is 0 Å². The second-order valence-electron chi connectivity index (χ2n) is 4.33. The van der Waals surface area contributed by atoms with Crippen LogP contribution in [-0.4, -0.2) is 29.9 Å². The Morgan fingerprint density at radius 1 is 1.05 bits per heavy atom. The minimum atomic E-state index is -6.18. The normalized spacial score (nSPS) is 18.6. The Morgan fingerprint density at radius 3 is 1.95 bits per heavy atom. The molecular weight excluding hydrogens is 316 g/mol. The summed E-state index contributed by atoms with van der Waals surface area (Å²) in [6.45, 7) is 2.90. The first-order valence-electron chi connectivity index (χ1n) is 5.28. The lowest BCUT2D eigenvalue weighted by Crippen LogP contribution is -2.58. The summed E-state index contributed by atoms with van der Waals surface area (Å²) in [6.07, 6.45) is -4.27. The highest BCUT2D eigenvalue weighted by Gasteiger charge is 2.76. The lowest BCUT2D eigenvalue weighted by Gasteiger charge is -2.34. The first kappa shape index (κ1) is 17.3. The molecule has 0 saturated carbocycles. The van der Waals surface area contributed by atoms with Gasteiger partial charge in [-0.1, -0.05) is 11.1 Å². The fourth-order valence-corrected chi connectivity index (χ4v) is 2.51. The summed E-state index contributed by atoms with van der Waals surface area (Å²) in [7, 11) is 0. The molecule has 0 unspecified atom stereocenters. The van der Waals surface area contributed by atoms with E-state index in [2.05, 4.69) is 0 Å². The summed E-state index contributed by atoms with van der Waals surface area (Å²) in [6, 6.07) is 0. The van der Waals surface area contributed by atoms with Crippen molar-refractivity contribution in [1.29, 1.82) is 0 Å². The van der Waals surface area contributed by atoms with E-state index in [-0.39, 0.29) is 23.1 Å². The molecule has 1 heterocycles. The molecule has 116 valence electrons. The Labute approximate surface area is 113 Å². The maximum absolute atomic E-state index is 13.6. The highest BCUT2D eigenvalue weighted by molar-refractivity contribution is 8.03. The number of halogens is 8. The number of hydrogen-bond donors (Lipinski definition) is 0. The Balaban J connectivity index is 3.26. The van der Waals surface area contributed by atoms with E-state index in [4.69, 9.17) is 0 Å². The molecule has 0 amide bonds. The molecule has 9 heteroatoms. The molecule has 0 N–H and O–H groups in total. The zero-order valence-electron chi connectivity index (χ0n) is 10.3. The quantitative estimate of drug-likeness (QED) is 0.646. The summed E-state index contributed by atoms with van der Waals surface area (Å²) >= 11 is 0.232. The molecule has 1 rings (SSSR count). The van der Waals surface area contributed by atoms with Gasteiger partial charge < -0.3 is 0 Å². The van der Waals surface area contributed by atoms with Crippen LogP contribution in [0.15, 0.2) is 22.1 Å². The lowest BCUT2D eigenvalue weighted by molar-refractivity contribution is -0.325. The molecule has 0 aliphatic carbocycles. The Morgan fingerprint density at radius 2 is 1.55 bits per heavy atom. The third-order valence-corrected chi connectivity index (χ3v) is 4.12. The summed E-state index contributed by atoms with van der Waals surface area (Å²) in [5.41, 5.74) is 0.827. The van der Waals surface area contributed by atoms with Crippen molar-refractivity contribution in [3.63, 3.8) is 0 Å². The molecule has 0 fully saturated rings. The van der Waals surface area contributed by atoms with Gasteiger partial charge in [0.15, 0.2) is 0 Å². The van der Waals surface area contributed by atoms with E-state index in [1.165, 1.54) is 6.92 Å². The average Bonchev–Trinajstić information content (AvgIpc) is 2.31. The van der Waals surface area contributed by atoms with Crippen molar-refractivity contribution < 1.29 is 35.1 Å². The highest BCUT2D eigenvalue weighted by Crippen LogP contribution is 2.54. The van der Waals surface area contributed by atoms with Gasteiger partial charge in [0.25, 0.3) is 0 Å². The van der Waals surface area contributed by atoms with Crippen LogP contribution in [0.4, 0.5) is 35.1 Å². The van der Waals surface area contributed by atoms with Gasteiger partial charge in [-0.3, -0.25) is 0 Å². The van der Waals surface area contributed by atoms with Gasteiger partial charge in [0, 0.05) is 5.75 Å². The fourth-order valence-electron chi connectivity index (χ4n) is 1.34. The highest BCUT2D eigenvalue weighted by atomic mass is 32.2. The van der Waals surface area contributed by atoms with Crippen LogP contribution in [0.1, 0.15) is 13.8 Å². The van der Waals surface area contributed by atoms with E-state index in [0.29, 0.717) is 11.6 Å². The van der Waals surface area contributed by atoms with Crippen LogP contribution in [-0.2, 0) is 0 Å². The summed E-state index contributed by atoms with van der Waals surface area (Å²) in [4.78, 5) is -1.34. The topological polar surface area (TPSA) is 0 Å². The smallest absolute Gasteiger partial charge is 0.203 e. The standard InChI is InChI=1S/C11H10F8S/c1-5-3-7(20-4-6(5)2)9(14,15)11(18,19)10(16,17)8(12)13/h3,8H,4H2,1-2H3. The molecule has 0 radical (unpaired) electrons. The van der Waals surface area contributed by atoms with E-state index in [1.807, 2.05) is 0 Å². The van der Waals surface area contributed by atoms with E-state index in [1.54, 1.807) is 6.92 Å². The van der Waals surface area contributed by atoms with E-state index in [0.717, 1.165) is 0 Å². The molecule has 0 nitrogen and oxygen atoms in total. The number of alkyl halides is 8. The van der Waals surface area contributed by atoms with Crippen LogP contribution < -0.4 is 0 Å². The van der Waals surface area contributed by atoms with E-state index < -0.39 is 29.1 Å². The molecule has 0 saturated heterocycles. The number of thioether (sulfide) groups is 1. The number of rotatable bonds is 4. The molecule has 1 aliphatic heterocycles. The molecule has 0 aromatic carbocycles. The van der Waals surface area contributed by atoms with Gasteiger partial charge in [-0.05, 0) is 19.9 Å². The van der Waals surface area contributed by atoms with E-state index in [9.17, 15) is 35.1 Å². The van der Waals surface area contributed by atoms with Gasteiger partial charge in [0.1, 0.15) is 0 Å². The Hall–Kier alpha value is -0.730. The molecule has 0 aromatic heterocycles. The summed E-state index contributed by atoms with van der Waals surface area (Å²) in [5, 5.41) is 0. The predicted octanol–water partition coefficient (Wildman–Crippen LogP) is 5.12. The van der Waals surface area contributed by atoms with Crippen molar-refractivity contribution in [3.8, 4) is 0 Å².